The molecule has 0 saturated carbocycles. The van der Waals surface area contributed by atoms with Crippen LogP contribution >= 0.6 is 27.5 Å². The molecule has 1 aliphatic rings. The van der Waals surface area contributed by atoms with Crippen LogP contribution in [0.25, 0.3) is 0 Å². The molecule has 0 bridgehead atoms. The van der Waals surface area contributed by atoms with Crippen molar-refractivity contribution in [3.63, 3.8) is 0 Å². The SMILES string of the molecule is O=C(c1ccoc1Cl)N1CCCCCC1CBr. The summed E-state index contributed by atoms with van der Waals surface area (Å²) in [6.45, 7) is 0.802. The van der Waals surface area contributed by atoms with Crippen molar-refractivity contribution in [3.05, 3.63) is 23.1 Å². The molecule has 1 saturated heterocycles. The van der Waals surface area contributed by atoms with Crippen LogP contribution in [-0.4, -0.2) is 28.7 Å². The molecule has 5 heteroatoms. The van der Waals surface area contributed by atoms with E-state index in [0.29, 0.717) is 5.56 Å². The fourth-order valence-electron chi connectivity index (χ4n) is 2.21. The zero-order chi connectivity index (χ0) is 12.3. The van der Waals surface area contributed by atoms with E-state index in [4.69, 9.17) is 16.0 Å². The standard InChI is InChI=1S/C12H15BrClNO2/c13-8-9-4-2-1-3-6-15(9)12(16)10-5-7-17-11(10)14/h5,7,9H,1-4,6,8H2. The van der Waals surface area contributed by atoms with Gasteiger partial charge in [-0.1, -0.05) is 28.8 Å². The second-order valence-corrected chi connectivity index (χ2v) is 5.25. The Morgan fingerprint density at radius 3 is 3.00 bits per heavy atom. The third-order valence-corrected chi connectivity index (χ3v) is 4.20. The Bertz CT molecular complexity index is 394. The molecular weight excluding hydrogens is 305 g/mol. The van der Waals surface area contributed by atoms with Crippen LogP contribution in [0.15, 0.2) is 16.7 Å². The quantitative estimate of drug-likeness (QED) is 0.778. The van der Waals surface area contributed by atoms with Crippen LogP contribution in [0.4, 0.5) is 0 Å². The first-order valence-corrected chi connectivity index (χ1v) is 7.34. The molecule has 0 radical (unpaired) electrons. The number of nitrogens with zero attached hydrogens (tertiary/aromatic N) is 1. The average Bonchev–Trinajstić information content (AvgIpc) is 2.64. The smallest absolute Gasteiger partial charge is 0.259 e. The number of furan rings is 1. The van der Waals surface area contributed by atoms with Crippen molar-refractivity contribution in [3.8, 4) is 0 Å². The fraction of sp³-hybridized carbons (Fsp3) is 0.583. The molecule has 17 heavy (non-hydrogen) atoms. The third-order valence-electron chi connectivity index (χ3n) is 3.16. The molecule has 0 aromatic carbocycles. The van der Waals surface area contributed by atoms with Gasteiger partial charge in [0.05, 0.1) is 11.8 Å². The van der Waals surface area contributed by atoms with Crippen molar-refractivity contribution in [2.45, 2.75) is 31.7 Å². The second kappa shape index (κ2) is 5.91. The summed E-state index contributed by atoms with van der Waals surface area (Å²) in [5.41, 5.74) is 0.472. The van der Waals surface area contributed by atoms with E-state index >= 15 is 0 Å². The lowest BCUT2D eigenvalue weighted by Crippen LogP contribution is -2.41. The number of rotatable bonds is 2. The van der Waals surface area contributed by atoms with Crippen LogP contribution in [0.5, 0.6) is 0 Å². The maximum atomic E-state index is 12.4. The molecule has 0 N–H and O–H groups in total. The van der Waals surface area contributed by atoms with Crippen molar-refractivity contribution < 1.29 is 9.21 Å². The summed E-state index contributed by atoms with van der Waals surface area (Å²) >= 11 is 9.35. The number of halogens is 2. The van der Waals surface area contributed by atoms with Gasteiger partial charge < -0.3 is 9.32 Å². The Labute approximate surface area is 114 Å². The summed E-state index contributed by atoms with van der Waals surface area (Å²) in [4.78, 5) is 14.3. The van der Waals surface area contributed by atoms with Crippen molar-refractivity contribution in [1.29, 1.82) is 0 Å². The van der Waals surface area contributed by atoms with Gasteiger partial charge in [-0.3, -0.25) is 4.79 Å². The lowest BCUT2D eigenvalue weighted by molar-refractivity contribution is 0.0702. The Hall–Kier alpha value is -0.480. The van der Waals surface area contributed by atoms with E-state index in [1.807, 2.05) is 4.90 Å². The molecular formula is C12H15BrClNO2. The highest BCUT2D eigenvalue weighted by Crippen LogP contribution is 2.24. The molecule has 1 aliphatic heterocycles. The summed E-state index contributed by atoms with van der Waals surface area (Å²) in [6.07, 6.45) is 5.93. The van der Waals surface area contributed by atoms with Crippen molar-refractivity contribution >= 4 is 33.4 Å². The van der Waals surface area contributed by atoms with Gasteiger partial charge in [-0.2, -0.15) is 0 Å². The summed E-state index contributed by atoms with van der Waals surface area (Å²) in [5.74, 6) is -0.0184. The highest BCUT2D eigenvalue weighted by Gasteiger charge is 2.27. The normalized spacial score (nSPS) is 21.3. The number of amides is 1. The number of hydrogen-bond donors (Lipinski definition) is 0. The molecule has 1 unspecified atom stereocenters. The zero-order valence-corrected chi connectivity index (χ0v) is 11.8. The Balaban J connectivity index is 2.18. The first-order chi connectivity index (χ1) is 8.24. The molecule has 2 heterocycles. The maximum absolute atomic E-state index is 12.4. The van der Waals surface area contributed by atoms with Crippen LogP contribution in [-0.2, 0) is 0 Å². The zero-order valence-electron chi connectivity index (χ0n) is 9.49. The first-order valence-electron chi connectivity index (χ1n) is 5.84. The van der Waals surface area contributed by atoms with Crippen LogP contribution < -0.4 is 0 Å². The van der Waals surface area contributed by atoms with Crippen LogP contribution in [0.3, 0.4) is 0 Å². The summed E-state index contributed by atoms with van der Waals surface area (Å²) in [6, 6.07) is 1.90. The minimum absolute atomic E-state index is 0.0184. The predicted octanol–water partition coefficient (Wildman–Crippen LogP) is 3.71. The molecule has 1 fully saturated rings. The molecule has 2 rings (SSSR count). The number of alkyl halides is 1. The lowest BCUT2D eigenvalue weighted by atomic mass is 10.1. The van der Waals surface area contributed by atoms with Crippen molar-refractivity contribution in [2.75, 3.05) is 11.9 Å². The maximum Gasteiger partial charge on any atom is 0.259 e. The molecule has 1 amide bonds. The van der Waals surface area contributed by atoms with Crippen molar-refractivity contribution in [1.82, 2.24) is 4.90 Å². The molecule has 1 aromatic rings. The molecule has 0 spiro atoms. The molecule has 3 nitrogen and oxygen atoms in total. The Morgan fingerprint density at radius 1 is 1.53 bits per heavy atom. The van der Waals surface area contributed by atoms with Gasteiger partial charge in [0.15, 0.2) is 0 Å². The summed E-state index contributed by atoms with van der Waals surface area (Å²) in [5, 5.41) is 1.00. The fourth-order valence-corrected chi connectivity index (χ4v) is 3.07. The van der Waals surface area contributed by atoms with Gasteiger partial charge in [0.2, 0.25) is 5.22 Å². The molecule has 0 aliphatic carbocycles. The second-order valence-electron chi connectivity index (χ2n) is 4.26. The average molecular weight is 321 g/mol. The van der Waals surface area contributed by atoms with Gasteiger partial charge >= 0.3 is 0 Å². The van der Waals surface area contributed by atoms with Gasteiger partial charge in [-0.05, 0) is 30.5 Å². The van der Waals surface area contributed by atoms with E-state index in [1.165, 1.54) is 19.1 Å². The lowest BCUT2D eigenvalue weighted by Gasteiger charge is -2.28. The summed E-state index contributed by atoms with van der Waals surface area (Å²) < 4.78 is 4.98. The topological polar surface area (TPSA) is 33.5 Å². The minimum Gasteiger partial charge on any atom is -0.452 e. The van der Waals surface area contributed by atoms with Crippen LogP contribution in [0, 0.1) is 0 Å². The largest absolute Gasteiger partial charge is 0.452 e. The number of hydrogen-bond acceptors (Lipinski definition) is 2. The monoisotopic (exact) mass is 319 g/mol. The third kappa shape index (κ3) is 2.86. The number of carbonyl (C=O) groups excluding carboxylic acids is 1. The predicted molar refractivity (Wildman–Crippen MR) is 70.8 cm³/mol. The van der Waals surface area contributed by atoms with Crippen LogP contribution in [0.2, 0.25) is 5.22 Å². The van der Waals surface area contributed by atoms with E-state index in [-0.39, 0.29) is 17.2 Å². The van der Waals surface area contributed by atoms with Gasteiger partial charge in [-0.15, -0.1) is 0 Å². The van der Waals surface area contributed by atoms with Crippen molar-refractivity contribution in [2.24, 2.45) is 0 Å². The van der Waals surface area contributed by atoms with E-state index in [2.05, 4.69) is 15.9 Å². The highest BCUT2D eigenvalue weighted by molar-refractivity contribution is 9.09. The Morgan fingerprint density at radius 2 is 2.35 bits per heavy atom. The minimum atomic E-state index is -0.0184. The van der Waals surface area contributed by atoms with E-state index in [9.17, 15) is 4.79 Å². The number of carbonyl (C=O) groups is 1. The van der Waals surface area contributed by atoms with Crippen LogP contribution in [0.1, 0.15) is 36.0 Å². The van der Waals surface area contributed by atoms with E-state index in [1.54, 1.807) is 6.07 Å². The first kappa shape index (κ1) is 13.0. The van der Waals surface area contributed by atoms with E-state index in [0.717, 1.165) is 24.7 Å². The Kier molecular flexibility index (Phi) is 4.51. The van der Waals surface area contributed by atoms with E-state index < -0.39 is 0 Å². The summed E-state index contributed by atoms with van der Waals surface area (Å²) in [7, 11) is 0. The van der Waals surface area contributed by atoms with Gasteiger partial charge in [-0.25, -0.2) is 0 Å². The van der Waals surface area contributed by atoms with Gasteiger partial charge in [0.1, 0.15) is 0 Å². The number of likely N-dealkylation sites (tertiary alicyclic amines) is 1. The highest BCUT2D eigenvalue weighted by atomic mass is 79.9. The van der Waals surface area contributed by atoms with Gasteiger partial charge in [0.25, 0.3) is 5.91 Å². The molecule has 94 valence electrons. The van der Waals surface area contributed by atoms with Gasteiger partial charge in [0, 0.05) is 17.9 Å². The molecule has 1 aromatic heterocycles. The molecule has 1 atom stereocenters.